The molecule has 5 heteroatoms. The third-order valence-corrected chi connectivity index (χ3v) is 4.22. The quantitative estimate of drug-likeness (QED) is 0.786. The first-order chi connectivity index (χ1) is 9.16. The minimum absolute atomic E-state index is 0.0453. The molecule has 3 N–H and O–H groups in total. The average Bonchev–Trinajstić information content (AvgIpc) is 2.74. The van der Waals surface area contributed by atoms with Gasteiger partial charge in [-0.25, -0.2) is 0 Å². The topological polar surface area (TPSA) is 60.3 Å². The maximum absolute atomic E-state index is 12.6. The summed E-state index contributed by atoms with van der Waals surface area (Å²) in [6.07, 6.45) is 4.44. The molecule has 1 aromatic carbocycles. The van der Waals surface area contributed by atoms with Crippen LogP contribution in [0, 0.1) is 0 Å². The van der Waals surface area contributed by atoms with Crippen LogP contribution in [0.4, 0.5) is 0 Å². The first kappa shape index (κ1) is 12.5. The molecule has 19 heavy (non-hydrogen) atoms. The van der Waals surface area contributed by atoms with E-state index in [-0.39, 0.29) is 11.9 Å². The summed E-state index contributed by atoms with van der Waals surface area (Å²) < 4.78 is 0. The van der Waals surface area contributed by atoms with Gasteiger partial charge in [-0.15, -0.1) is 0 Å². The minimum atomic E-state index is -0.0453. The van der Waals surface area contributed by atoms with E-state index in [0.717, 1.165) is 19.3 Å². The third-order valence-electron chi connectivity index (χ3n) is 3.96. The fraction of sp³-hybridized carbons (Fsp3) is 0.429. The molecule has 3 rings (SSSR count). The minimum Gasteiger partial charge on any atom is -0.290 e. The Hall–Kier alpha value is -1.55. The molecule has 1 fully saturated rings. The summed E-state index contributed by atoms with van der Waals surface area (Å²) in [4.78, 5) is 17.5. The van der Waals surface area contributed by atoms with Gasteiger partial charge < -0.3 is 0 Å². The van der Waals surface area contributed by atoms with E-state index in [0.29, 0.717) is 22.6 Å². The third kappa shape index (κ3) is 2.21. The lowest BCUT2D eigenvalue weighted by atomic mass is 9.90. The van der Waals surface area contributed by atoms with E-state index in [1.165, 1.54) is 6.42 Å². The van der Waals surface area contributed by atoms with E-state index in [9.17, 15) is 4.79 Å². The summed E-state index contributed by atoms with van der Waals surface area (Å²) in [6, 6.07) is 7.45. The van der Waals surface area contributed by atoms with Crippen molar-refractivity contribution in [2.24, 2.45) is 5.73 Å². The summed E-state index contributed by atoms with van der Waals surface area (Å²) in [7, 11) is 0. The number of fused-ring (bicyclic) bond motifs is 1. The molecule has 0 unspecified atom stereocenters. The van der Waals surface area contributed by atoms with Gasteiger partial charge in [0.2, 0.25) is 0 Å². The summed E-state index contributed by atoms with van der Waals surface area (Å²) in [5, 5.41) is 0.628. The molecule has 0 bridgehead atoms. The van der Waals surface area contributed by atoms with E-state index in [1.54, 1.807) is 29.2 Å². The zero-order chi connectivity index (χ0) is 13.4. The molecule has 1 amide bonds. The largest absolute Gasteiger partial charge is 0.351 e. The summed E-state index contributed by atoms with van der Waals surface area (Å²) in [6.45, 7) is 0. The van der Waals surface area contributed by atoms with Crippen LogP contribution in [0.25, 0.3) is 0 Å². The number of nitrogens with one attached hydrogen (secondary N) is 1. The first-order valence-electron chi connectivity index (χ1n) is 6.65. The molecule has 0 aromatic heterocycles. The number of carbonyl (C=O) groups excluding carboxylic acids is 1. The smallest absolute Gasteiger partial charge is 0.290 e. The Morgan fingerprint density at radius 3 is 2.68 bits per heavy atom. The molecular formula is C14H17ClN3O+. The van der Waals surface area contributed by atoms with Crippen LogP contribution in [0.2, 0.25) is 5.02 Å². The Bertz CT molecular complexity index is 526. The van der Waals surface area contributed by atoms with Crippen LogP contribution in [0.3, 0.4) is 0 Å². The van der Waals surface area contributed by atoms with Gasteiger partial charge in [-0.3, -0.25) is 15.5 Å². The highest BCUT2D eigenvalue weighted by molar-refractivity contribution is 6.30. The Balaban J connectivity index is 1.86. The number of carbonyl (C=O) groups is 1. The van der Waals surface area contributed by atoms with Crippen molar-refractivity contribution in [3.05, 3.63) is 34.9 Å². The number of benzene rings is 1. The molecular weight excluding hydrogens is 262 g/mol. The van der Waals surface area contributed by atoms with Crippen LogP contribution < -0.4 is 10.7 Å². The van der Waals surface area contributed by atoms with Crippen LogP contribution in [-0.4, -0.2) is 28.9 Å². The molecule has 0 saturated heterocycles. The average molecular weight is 279 g/mol. The Morgan fingerprint density at radius 1 is 1.26 bits per heavy atom. The van der Waals surface area contributed by atoms with E-state index < -0.39 is 0 Å². The zero-order valence-corrected chi connectivity index (χ0v) is 11.4. The van der Waals surface area contributed by atoms with Crippen molar-refractivity contribution in [2.45, 2.75) is 37.8 Å². The molecule has 100 valence electrons. The van der Waals surface area contributed by atoms with Gasteiger partial charge in [0.1, 0.15) is 12.1 Å². The van der Waals surface area contributed by atoms with Crippen molar-refractivity contribution < 1.29 is 9.79 Å². The molecule has 1 aliphatic heterocycles. The van der Waals surface area contributed by atoms with Crippen molar-refractivity contribution in [1.82, 2.24) is 4.90 Å². The maximum atomic E-state index is 12.6. The Kier molecular flexibility index (Phi) is 3.19. The van der Waals surface area contributed by atoms with Gasteiger partial charge >= 0.3 is 11.9 Å². The number of guanidine groups is 1. The van der Waals surface area contributed by atoms with Crippen LogP contribution in [0.15, 0.2) is 24.3 Å². The van der Waals surface area contributed by atoms with E-state index in [2.05, 4.69) is 4.99 Å². The van der Waals surface area contributed by atoms with Crippen molar-refractivity contribution >= 4 is 23.5 Å². The number of halogens is 1. The van der Waals surface area contributed by atoms with Crippen molar-refractivity contribution in [2.75, 3.05) is 0 Å². The highest BCUT2D eigenvalue weighted by Crippen LogP contribution is 2.24. The predicted octanol–water partition coefficient (Wildman–Crippen LogP) is 0.502. The van der Waals surface area contributed by atoms with Crippen molar-refractivity contribution in [3.8, 4) is 0 Å². The van der Waals surface area contributed by atoms with Crippen LogP contribution in [0.1, 0.15) is 36.0 Å². The molecule has 2 aliphatic rings. The standard InChI is InChI=1S/C14H16ClN3O/c15-10-7-5-9(6-8-10)13(19)18-12-4-2-1-3-11(12)17-14(18)16/h5-8,11-12H,1-4H2,(H2,16,17)/p+1/t11-,12+/m1/s1. The number of hydrogen-bond acceptors (Lipinski definition) is 2. The van der Waals surface area contributed by atoms with Crippen LogP contribution in [-0.2, 0) is 0 Å². The SMILES string of the molecule is NC1=[NH+][C@@H]2CCCC[C@@H]2N1C(=O)c1ccc(Cl)cc1. The first-order valence-corrected chi connectivity index (χ1v) is 7.03. The highest BCUT2D eigenvalue weighted by atomic mass is 35.5. The molecule has 1 aromatic rings. The fourth-order valence-electron chi connectivity index (χ4n) is 3.02. The monoisotopic (exact) mass is 278 g/mol. The number of hydrogen-bond donors (Lipinski definition) is 2. The molecule has 0 radical (unpaired) electrons. The number of nitrogens with zero attached hydrogens (tertiary/aromatic N) is 1. The number of rotatable bonds is 1. The van der Waals surface area contributed by atoms with E-state index in [4.69, 9.17) is 17.3 Å². The molecule has 1 saturated carbocycles. The van der Waals surface area contributed by atoms with Gasteiger partial charge in [-0.2, -0.15) is 4.90 Å². The van der Waals surface area contributed by atoms with Crippen molar-refractivity contribution in [3.63, 3.8) is 0 Å². The molecule has 4 nitrogen and oxygen atoms in total. The van der Waals surface area contributed by atoms with Crippen LogP contribution >= 0.6 is 11.6 Å². The lowest BCUT2D eigenvalue weighted by molar-refractivity contribution is -0.499. The van der Waals surface area contributed by atoms with Gasteiger partial charge in [0.05, 0.1) is 5.56 Å². The second-order valence-electron chi connectivity index (χ2n) is 5.17. The summed E-state index contributed by atoms with van der Waals surface area (Å²) in [5.41, 5.74) is 6.62. The van der Waals surface area contributed by atoms with Gasteiger partial charge in [-0.05, 0) is 49.9 Å². The fourth-order valence-corrected chi connectivity index (χ4v) is 3.14. The Morgan fingerprint density at radius 2 is 1.95 bits per heavy atom. The molecule has 1 aliphatic carbocycles. The van der Waals surface area contributed by atoms with Gasteiger partial charge in [0, 0.05) is 5.02 Å². The molecule has 2 atom stereocenters. The molecule has 1 heterocycles. The second kappa shape index (κ2) is 4.85. The Labute approximate surface area is 117 Å². The summed E-state index contributed by atoms with van der Waals surface area (Å²) in [5.74, 6) is 0.438. The highest BCUT2D eigenvalue weighted by Gasteiger charge is 2.45. The normalized spacial score (nSPS) is 25.9. The zero-order valence-electron chi connectivity index (χ0n) is 10.6. The molecule has 0 spiro atoms. The van der Waals surface area contributed by atoms with Gasteiger partial charge in [0.15, 0.2) is 0 Å². The number of amides is 1. The van der Waals surface area contributed by atoms with E-state index in [1.807, 2.05) is 0 Å². The van der Waals surface area contributed by atoms with Gasteiger partial charge in [0.25, 0.3) is 0 Å². The second-order valence-corrected chi connectivity index (χ2v) is 5.61. The van der Waals surface area contributed by atoms with E-state index >= 15 is 0 Å². The van der Waals surface area contributed by atoms with Crippen LogP contribution in [0.5, 0.6) is 0 Å². The lowest BCUT2D eigenvalue weighted by Gasteiger charge is -2.26. The maximum Gasteiger partial charge on any atom is 0.351 e. The predicted molar refractivity (Wildman–Crippen MR) is 73.8 cm³/mol. The van der Waals surface area contributed by atoms with Crippen molar-refractivity contribution in [1.29, 1.82) is 0 Å². The lowest BCUT2D eigenvalue weighted by Crippen LogP contribution is -2.79. The summed E-state index contributed by atoms with van der Waals surface area (Å²) >= 11 is 5.85. The number of nitrogens with two attached hydrogens (primary N) is 1. The van der Waals surface area contributed by atoms with Gasteiger partial charge in [-0.1, -0.05) is 11.6 Å².